The van der Waals surface area contributed by atoms with Gasteiger partial charge in [0.2, 0.25) is 0 Å². The highest BCUT2D eigenvalue weighted by atomic mass is 28.4. The van der Waals surface area contributed by atoms with E-state index in [-0.39, 0.29) is 0 Å². The van der Waals surface area contributed by atoms with Gasteiger partial charge in [0.1, 0.15) is 5.75 Å². The van der Waals surface area contributed by atoms with Crippen molar-refractivity contribution < 1.29 is 4.43 Å². The molecule has 2 aromatic carbocycles. The van der Waals surface area contributed by atoms with Crippen molar-refractivity contribution in [2.24, 2.45) is 0 Å². The second kappa shape index (κ2) is 5.45. The molecule has 0 fully saturated rings. The van der Waals surface area contributed by atoms with E-state index in [9.17, 15) is 0 Å². The lowest BCUT2D eigenvalue weighted by Crippen LogP contribution is -2.49. The first kappa shape index (κ1) is 13.6. The highest BCUT2D eigenvalue weighted by molar-refractivity contribution is 6.85. The SMILES string of the molecule is C=Cc1ccc([Si](C)(C)Oc2ccccc2)c(C)c1. The van der Waals surface area contributed by atoms with Gasteiger partial charge in [0.15, 0.2) is 0 Å². The molecule has 19 heavy (non-hydrogen) atoms. The van der Waals surface area contributed by atoms with Gasteiger partial charge in [-0.15, -0.1) is 0 Å². The summed E-state index contributed by atoms with van der Waals surface area (Å²) in [5.41, 5.74) is 2.44. The smallest absolute Gasteiger partial charge is 0.277 e. The molecule has 2 heteroatoms. The molecule has 0 unspecified atom stereocenters. The molecule has 0 heterocycles. The standard InChI is InChI=1S/C17H20OSi/c1-5-15-11-12-17(14(2)13-15)19(3,4)18-16-9-7-6-8-10-16/h5-13H,1H2,2-4H3. The summed E-state index contributed by atoms with van der Waals surface area (Å²) >= 11 is 0. The monoisotopic (exact) mass is 268 g/mol. The van der Waals surface area contributed by atoms with Crippen LogP contribution in [0.2, 0.25) is 13.1 Å². The minimum Gasteiger partial charge on any atom is -0.540 e. The summed E-state index contributed by atoms with van der Waals surface area (Å²) in [6, 6.07) is 16.5. The Labute approximate surface area is 116 Å². The van der Waals surface area contributed by atoms with Gasteiger partial charge in [-0.1, -0.05) is 49.1 Å². The highest BCUT2D eigenvalue weighted by Crippen LogP contribution is 2.17. The van der Waals surface area contributed by atoms with E-state index in [1.165, 1.54) is 10.8 Å². The Hall–Kier alpha value is -1.80. The molecule has 0 spiro atoms. The normalized spacial score (nSPS) is 11.1. The van der Waals surface area contributed by atoms with E-state index < -0.39 is 8.32 Å². The molecule has 2 aromatic rings. The van der Waals surface area contributed by atoms with Gasteiger partial charge >= 0.3 is 0 Å². The minimum atomic E-state index is -1.93. The molecular weight excluding hydrogens is 248 g/mol. The van der Waals surface area contributed by atoms with Crippen LogP contribution in [0.3, 0.4) is 0 Å². The summed E-state index contributed by atoms with van der Waals surface area (Å²) in [5.74, 6) is 0.950. The van der Waals surface area contributed by atoms with E-state index in [1.807, 2.05) is 36.4 Å². The minimum absolute atomic E-state index is 0.950. The van der Waals surface area contributed by atoms with Gasteiger partial charge in [0, 0.05) is 0 Å². The molecule has 0 aliphatic heterocycles. The molecule has 0 aliphatic carbocycles. The van der Waals surface area contributed by atoms with Crippen molar-refractivity contribution in [1.82, 2.24) is 0 Å². The van der Waals surface area contributed by atoms with Gasteiger partial charge in [-0.2, -0.15) is 0 Å². The maximum atomic E-state index is 6.26. The third-order valence-corrected chi connectivity index (χ3v) is 5.86. The van der Waals surface area contributed by atoms with Gasteiger partial charge in [-0.3, -0.25) is 0 Å². The zero-order valence-electron chi connectivity index (χ0n) is 11.8. The zero-order valence-corrected chi connectivity index (χ0v) is 12.8. The Kier molecular flexibility index (Phi) is 3.91. The lowest BCUT2D eigenvalue weighted by molar-refractivity contribution is 0.564. The predicted molar refractivity (Wildman–Crippen MR) is 85.5 cm³/mol. The average molecular weight is 268 g/mol. The summed E-state index contributed by atoms with van der Waals surface area (Å²) in [4.78, 5) is 0. The van der Waals surface area contributed by atoms with Gasteiger partial charge in [-0.25, -0.2) is 0 Å². The van der Waals surface area contributed by atoms with Crippen LogP contribution in [0.5, 0.6) is 5.75 Å². The highest BCUT2D eigenvalue weighted by Gasteiger charge is 2.28. The number of hydrogen-bond acceptors (Lipinski definition) is 1. The van der Waals surface area contributed by atoms with Gasteiger partial charge in [0.25, 0.3) is 8.32 Å². The molecule has 0 aromatic heterocycles. The van der Waals surface area contributed by atoms with Crippen molar-refractivity contribution in [2.45, 2.75) is 20.0 Å². The summed E-state index contributed by atoms with van der Waals surface area (Å²) in [6.45, 7) is 10.4. The predicted octanol–water partition coefficient (Wildman–Crippen LogP) is 4.13. The van der Waals surface area contributed by atoms with Crippen LogP contribution in [0.25, 0.3) is 6.08 Å². The van der Waals surface area contributed by atoms with Crippen LogP contribution in [0.4, 0.5) is 0 Å². The molecular formula is C17H20OSi. The third kappa shape index (κ3) is 3.15. The Morgan fingerprint density at radius 3 is 2.32 bits per heavy atom. The fraction of sp³-hybridized carbons (Fsp3) is 0.176. The molecule has 1 nitrogen and oxygen atoms in total. The fourth-order valence-corrected chi connectivity index (χ4v) is 4.67. The van der Waals surface area contributed by atoms with E-state index in [1.54, 1.807) is 0 Å². The van der Waals surface area contributed by atoms with Crippen molar-refractivity contribution in [1.29, 1.82) is 0 Å². The first-order chi connectivity index (χ1) is 9.03. The Morgan fingerprint density at radius 2 is 1.74 bits per heavy atom. The van der Waals surface area contributed by atoms with E-state index in [4.69, 9.17) is 4.43 Å². The first-order valence-corrected chi connectivity index (χ1v) is 9.41. The van der Waals surface area contributed by atoms with E-state index in [0.29, 0.717) is 0 Å². The zero-order chi connectivity index (χ0) is 13.9. The summed E-state index contributed by atoms with van der Waals surface area (Å²) in [7, 11) is -1.93. The van der Waals surface area contributed by atoms with Crippen LogP contribution in [-0.4, -0.2) is 8.32 Å². The number of aryl methyl sites for hydroxylation is 1. The number of rotatable bonds is 4. The van der Waals surface area contributed by atoms with Crippen LogP contribution >= 0.6 is 0 Å². The third-order valence-electron chi connectivity index (χ3n) is 3.25. The van der Waals surface area contributed by atoms with Crippen LogP contribution < -0.4 is 9.61 Å². The van der Waals surface area contributed by atoms with Crippen LogP contribution in [0, 0.1) is 6.92 Å². The van der Waals surface area contributed by atoms with Gasteiger partial charge in [-0.05, 0) is 48.5 Å². The van der Waals surface area contributed by atoms with Crippen molar-refractivity contribution in [3.05, 3.63) is 66.2 Å². The van der Waals surface area contributed by atoms with Crippen LogP contribution in [0.1, 0.15) is 11.1 Å². The van der Waals surface area contributed by atoms with Crippen molar-refractivity contribution in [3.8, 4) is 5.75 Å². The average Bonchev–Trinajstić information content (AvgIpc) is 2.38. The fourth-order valence-electron chi connectivity index (χ4n) is 2.33. The van der Waals surface area contributed by atoms with Crippen LogP contribution in [-0.2, 0) is 0 Å². The first-order valence-electron chi connectivity index (χ1n) is 6.50. The quantitative estimate of drug-likeness (QED) is 0.758. The molecule has 0 amide bonds. The number of para-hydroxylation sites is 1. The topological polar surface area (TPSA) is 9.23 Å². The summed E-state index contributed by atoms with van der Waals surface area (Å²) in [5, 5.41) is 1.34. The van der Waals surface area contributed by atoms with Gasteiger partial charge < -0.3 is 4.43 Å². The largest absolute Gasteiger partial charge is 0.540 e. The van der Waals surface area contributed by atoms with Gasteiger partial charge in [0.05, 0.1) is 0 Å². The molecule has 0 aliphatic rings. The second-order valence-electron chi connectivity index (χ2n) is 5.20. The molecule has 0 saturated heterocycles. The summed E-state index contributed by atoms with van der Waals surface area (Å²) < 4.78 is 6.26. The second-order valence-corrected chi connectivity index (χ2v) is 8.97. The van der Waals surface area contributed by atoms with E-state index >= 15 is 0 Å². The Bertz CT molecular complexity index is 573. The Morgan fingerprint density at radius 1 is 1.05 bits per heavy atom. The van der Waals surface area contributed by atoms with E-state index in [2.05, 4.69) is 44.8 Å². The van der Waals surface area contributed by atoms with Crippen LogP contribution in [0.15, 0.2) is 55.1 Å². The number of hydrogen-bond donors (Lipinski definition) is 0. The van der Waals surface area contributed by atoms with Crippen molar-refractivity contribution >= 4 is 19.6 Å². The molecule has 0 saturated carbocycles. The van der Waals surface area contributed by atoms with Crippen molar-refractivity contribution in [3.63, 3.8) is 0 Å². The molecule has 0 radical (unpaired) electrons. The number of benzene rings is 2. The Balaban J connectivity index is 2.31. The molecule has 0 N–H and O–H groups in total. The molecule has 98 valence electrons. The lowest BCUT2D eigenvalue weighted by Gasteiger charge is -2.26. The maximum Gasteiger partial charge on any atom is 0.277 e. The lowest BCUT2D eigenvalue weighted by atomic mass is 10.1. The van der Waals surface area contributed by atoms with Crippen molar-refractivity contribution in [2.75, 3.05) is 0 Å². The molecule has 0 atom stereocenters. The molecule has 2 rings (SSSR count). The summed E-state index contributed by atoms with van der Waals surface area (Å²) in [6.07, 6.45) is 1.88. The maximum absolute atomic E-state index is 6.26. The molecule has 0 bridgehead atoms. The van der Waals surface area contributed by atoms with E-state index in [0.717, 1.165) is 11.3 Å².